The normalized spacial score (nSPS) is 24.4. The van der Waals surface area contributed by atoms with Crippen LogP contribution in [0.25, 0.3) is 0 Å². The van der Waals surface area contributed by atoms with Crippen molar-refractivity contribution in [2.24, 2.45) is 0 Å². The van der Waals surface area contributed by atoms with Gasteiger partial charge in [-0.1, -0.05) is 31.2 Å². The number of rotatable bonds is 1. The monoisotopic (exact) mass is 189 g/mol. The summed E-state index contributed by atoms with van der Waals surface area (Å²) in [5.41, 5.74) is 3.11. The van der Waals surface area contributed by atoms with Crippen molar-refractivity contribution < 1.29 is 0 Å². The lowest BCUT2D eigenvalue weighted by Gasteiger charge is -2.39. The van der Waals surface area contributed by atoms with E-state index in [-0.39, 0.29) is 5.54 Å². The first-order valence-electron chi connectivity index (χ1n) is 5.49. The van der Waals surface area contributed by atoms with Gasteiger partial charge in [0, 0.05) is 11.6 Å². The van der Waals surface area contributed by atoms with Crippen LogP contribution in [0.5, 0.6) is 0 Å². The molecule has 1 aromatic carbocycles. The van der Waals surface area contributed by atoms with E-state index in [1.807, 2.05) is 0 Å². The van der Waals surface area contributed by atoms with Crippen molar-refractivity contribution >= 4 is 0 Å². The highest BCUT2D eigenvalue weighted by atomic mass is 15.0. The molecular formula is C13H19N. The van der Waals surface area contributed by atoms with E-state index in [1.54, 1.807) is 0 Å². The summed E-state index contributed by atoms with van der Waals surface area (Å²) in [7, 11) is 0. The molecule has 1 heterocycles. The van der Waals surface area contributed by atoms with Crippen LogP contribution < -0.4 is 5.32 Å². The first-order chi connectivity index (χ1) is 6.63. The van der Waals surface area contributed by atoms with Crippen LogP contribution in [0.1, 0.15) is 38.3 Å². The molecule has 0 aromatic heterocycles. The molecule has 0 unspecified atom stereocenters. The van der Waals surface area contributed by atoms with Gasteiger partial charge in [-0.3, -0.25) is 0 Å². The molecule has 0 saturated carbocycles. The first kappa shape index (κ1) is 9.72. The second-order valence-corrected chi connectivity index (χ2v) is 4.74. The molecule has 1 nitrogen and oxygen atoms in total. The Labute approximate surface area is 86.5 Å². The largest absolute Gasteiger partial charge is 0.305 e. The molecule has 1 N–H and O–H groups in total. The molecular weight excluding hydrogens is 170 g/mol. The van der Waals surface area contributed by atoms with E-state index in [4.69, 9.17) is 0 Å². The summed E-state index contributed by atoms with van der Waals surface area (Å²) < 4.78 is 0. The smallest absolute Gasteiger partial charge is 0.0382 e. The van der Waals surface area contributed by atoms with Crippen LogP contribution in [-0.2, 0) is 12.0 Å². The Morgan fingerprint density at radius 3 is 2.79 bits per heavy atom. The summed E-state index contributed by atoms with van der Waals surface area (Å²) in [6.07, 6.45) is 2.38. The van der Waals surface area contributed by atoms with Crippen molar-refractivity contribution in [3.8, 4) is 0 Å². The van der Waals surface area contributed by atoms with Gasteiger partial charge in [-0.25, -0.2) is 0 Å². The maximum absolute atomic E-state index is 3.70. The third-order valence-electron chi connectivity index (χ3n) is 3.21. The van der Waals surface area contributed by atoms with Crippen LogP contribution in [0.15, 0.2) is 24.3 Å². The SMILES string of the molecule is CC[C@H]1Cc2ccccc2C(C)(C)N1. The van der Waals surface area contributed by atoms with E-state index in [0.717, 1.165) is 0 Å². The number of fused-ring (bicyclic) bond motifs is 1. The fraction of sp³-hybridized carbons (Fsp3) is 0.538. The fourth-order valence-electron chi connectivity index (χ4n) is 2.46. The molecule has 0 radical (unpaired) electrons. The molecule has 0 bridgehead atoms. The summed E-state index contributed by atoms with van der Waals surface area (Å²) in [6, 6.07) is 9.43. The summed E-state index contributed by atoms with van der Waals surface area (Å²) in [5, 5.41) is 3.70. The van der Waals surface area contributed by atoms with E-state index in [2.05, 4.69) is 50.4 Å². The second kappa shape index (κ2) is 3.39. The molecule has 2 rings (SSSR count). The minimum Gasteiger partial charge on any atom is -0.305 e. The average molecular weight is 189 g/mol. The number of benzene rings is 1. The van der Waals surface area contributed by atoms with Crippen molar-refractivity contribution in [1.29, 1.82) is 0 Å². The zero-order chi connectivity index (χ0) is 10.2. The van der Waals surface area contributed by atoms with Gasteiger partial charge in [-0.15, -0.1) is 0 Å². The summed E-state index contributed by atoms with van der Waals surface area (Å²) >= 11 is 0. The zero-order valence-corrected chi connectivity index (χ0v) is 9.30. The highest BCUT2D eigenvalue weighted by Gasteiger charge is 2.30. The minimum atomic E-state index is 0.134. The van der Waals surface area contributed by atoms with E-state index in [0.29, 0.717) is 6.04 Å². The standard InChI is InChI=1S/C13H19N/c1-4-11-9-10-7-5-6-8-12(10)13(2,3)14-11/h5-8,11,14H,4,9H2,1-3H3/t11-/m0/s1. The van der Waals surface area contributed by atoms with Crippen LogP contribution in [0, 0.1) is 0 Å². The van der Waals surface area contributed by atoms with Gasteiger partial charge in [0.05, 0.1) is 0 Å². The highest BCUT2D eigenvalue weighted by Crippen LogP contribution is 2.30. The van der Waals surface area contributed by atoms with Crippen molar-refractivity contribution in [1.82, 2.24) is 5.32 Å². The lowest BCUT2D eigenvalue weighted by atomic mass is 9.82. The van der Waals surface area contributed by atoms with Crippen LogP contribution >= 0.6 is 0 Å². The van der Waals surface area contributed by atoms with Gasteiger partial charge < -0.3 is 5.32 Å². The van der Waals surface area contributed by atoms with Crippen molar-refractivity contribution in [3.05, 3.63) is 35.4 Å². The van der Waals surface area contributed by atoms with Crippen molar-refractivity contribution in [3.63, 3.8) is 0 Å². The molecule has 0 spiro atoms. The zero-order valence-electron chi connectivity index (χ0n) is 9.30. The molecule has 0 aliphatic carbocycles. The molecule has 0 saturated heterocycles. The summed E-state index contributed by atoms with van der Waals surface area (Å²) in [4.78, 5) is 0. The number of hydrogen-bond donors (Lipinski definition) is 1. The van der Waals surface area contributed by atoms with Gasteiger partial charge in [-0.05, 0) is 37.8 Å². The van der Waals surface area contributed by atoms with Crippen LogP contribution in [0.3, 0.4) is 0 Å². The number of hydrogen-bond acceptors (Lipinski definition) is 1. The predicted octanol–water partition coefficient (Wildman–Crippen LogP) is 2.85. The maximum Gasteiger partial charge on any atom is 0.0382 e. The lowest BCUT2D eigenvalue weighted by molar-refractivity contribution is 0.306. The van der Waals surface area contributed by atoms with Crippen molar-refractivity contribution in [2.45, 2.75) is 45.2 Å². The van der Waals surface area contributed by atoms with Gasteiger partial charge in [0.1, 0.15) is 0 Å². The highest BCUT2D eigenvalue weighted by molar-refractivity contribution is 5.35. The first-order valence-corrected chi connectivity index (χ1v) is 5.49. The Balaban J connectivity index is 2.41. The van der Waals surface area contributed by atoms with Gasteiger partial charge in [0.25, 0.3) is 0 Å². The predicted molar refractivity (Wildman–Crippen MR) is 60.4 cm³/mol. The molecule has 1 aromatic rings. The number of nitrogens with one attached hydrogen (secondary N) is 1. The Bertz CT molecular complexity index is 328. The Hall–Kier alpha value is -0.820. The van der Waals surface area contributed by atoms with E-state index < -0.39 is 0 Å². The summed E-state index contributed by atoms with van der Waals surface area (Å²) in [5.74, 6) is 0. The molecule has 1 aliphatic rings. The van der Waals surface area contributed by atoms with Crippen molar-refractivity contribution in [2.75, 3.05) is 0 Å². The fourth-order valence-corrected chi connectivity index (χ4v) is 2.46. The molecule has 1 heteroatoms. The summed E-state index contributed by atoms with van der Waals surface area (Å²) in [6.45, 7) is 6.79. The third kappa shape index (κ3) is 1.57. The van der Waals surface area contributed by atoms with E-state index in [9.17, 15) is 0 Å². The van der Waals surface area contributed by atoms with Crippen LogP contribution in [0.4, 0.5) is 0 Å². The molecule has 76 valence electrons. The lowest BCUT2D eigenvalue weighted by Crippen LogP contribution is -2.48. The van der Waals surface area contributed by atoms with Crippen LogP contribution in [0.2, 0.25) is 0 Å². The Morgan fingerprint density at radius 1 is 1.36 bits per heavy atom. The van der Waals surface area contributed by atoms with Gasteiger partial charge in [0.15, 0.2) is 0 Å². The molecule has 1 aliphatic heterocycles. The quantitative estimate of drug-likeness (QED) is 0.716. The van der Waals surface area contributed by atoms with Gasteiger partial charge >= 0.3 is 0 Å². The molecule has 1 atom stereocenters. The van der Waals surface area contributed by atoms with E-state index >= 15 is 0 Å². The minimum absolute atomic E-state index is 0.134. The molecule has 0 amide bonds. The Morgan fingerprint density at radius 2 is 2.07 bits per heavy atom. The van der Waals surface area contributed by atoms with E-state index in [1.165, 1.54) is 24.0 Å². The van der Waals surface area contributed by atoms with Gasteiger partial charge in [0.2, 0.25) is 0 Å². The topological polar surface area (TPSA) is 12.0 Å². The second-order valence-electron chi connectivity index (χ2n) is 4.74. The van der Waals surface area contributed by atoms with Gasteiger partial charge in [-0.2, -0.15) is 0 Å². The van der Waals surface area contributed by atoms with Crippen LogP contribution in [-0.4, -0.2) is 6.04 Å². The Kier molecular flexibility index (Phi) is 2.36. The molecule has 0 fully saturated rings. The maximum atomic E-state index is 3.70. The third-order valence-corrected chi connectivity index (χ3v) is 3.21. The molecule has 14 heavy (non-hydrogen) atoms. The average Bonchev–Trinajstić information content (AvgIpc) is 2.17.